The molecule has 0 fully saturated rings. The smallest absolute Gasteiger partial charge is 0.143 e. The summed E-state index contributed by atoms with van der Waals surface area (Å²) >= 11 is 7.43. The first kappa shape index (κ1) is 15.2. The van der Waals surface area contributed by atoms with Gasteiger partial charge >= 0.3 is 0 Å². The summed E-state index contributed by atoms with van der Waals surface area (Å²) in [6.07, 6.45) is 0. The molecule has 0 unspecified atom stereocenters. The van der Waals surface area contributed by atoms with E-state index in [1.807, 2.05) is 13.0 Å². The molecular formula is C15H11ClN4S. The van der Waals surface area contributed by atoms with Crippen molar-refractivity contribution in [1.82, 2.24) is 4.98 Å². The number of rotatable bonds is 3. The molecule has 2 rings (SSSR count). The van der Waals surface area contributed by atoms with Gasteiger partial charge in [0.25, 0.3) is 0 Å². The SMILES string of the molecule is CCSc1nc(N)c(C#N)c(-c2cccc(Cl)c2)c1C#N. The fourth-order valence-corrected chi connectivity index (χ4v) is 2.89. The van der Waals surface area contributed by atoms with Crippen LogP contribution in [0.3, 0.4) is 0 Å². The average Bonchev–Trinajstić information content (AvgIpc) is 2.47. The summed E-state index contributed by atoms with van der Waals surface area (Å²) in [5.74, 6) is 0.879. The third kappa shape index (κ3) is 2.95. The van der Waals surface area contributed by atoms with E-state index in [1.165, 1.54) is 11.8 Å². The predicted molar refractivity (Wildman–Crippen MR) is 84.9 cm³/mol. The third-order valence-corrected chi connectivity index (χ3v) is 3.90. The molecule has 0 aliphatic carbocycles. The molecule has 104 valence electrons. The Morgan fingerprint density at radius 1 is 1.29 bits per heavy atom. The molecule has 0 amide bonds. The summed E-state index contributed by atoms with van der Waals surface area (Å²) in [4.78, 5) is 4.18. The first-order valence-corrected chi connectivity index (χ1v) is 7.51. The summed E-state index contributed by atoms with van der Waals surface area (Å²) in [7, 11) is 0. The van der Waals surface area contributed by atoms with Gasteiger partial charge in [-0.15, -0.1) is 11.8 Å². The van der Waals surface area contributed by atoms with E-state index in [1.54, 1.807) is 24.3 Å². The molecule has 0 aliphatic heterocycles. The summed E-state index contributed by atoms with van der Waals surface area (Å²) in [5, 5.41) is 19.9. The Kier molecular flexibility index (Phi) is 4.70. The quantitative estimate of drug-likeness (QED) is 0.870. The highest BCUT2D eigenvalue weighted by Gasteiger charge is 2.20. The number of aromatic nitrogens is 1. The van der Waals surface area contributed by atoms with E-state index in [4.69, 9.17) is 17.3 Å². The molecule has 0 bridgehead atoms. The molecule has 2 N–H and O–H groups in total. The standard InChI is InChI=1S/C15H11ClN4S/c1-2-21-15-12(8-18)13(11(7-17)14(19)20-15)9-4-3-5-10(16)6-9/h3-6H,2H2,1H3,(H2,19,20). The van der Waals surface area contributed by atoms with Gasteiger partial charge in [-0.2, -0.15) is 10.5 Å². The van der Waals surface area contributed by atoms with Crippen molar-refractivity contribution in [2.24, 2.45) is 0 Å². The van der Waals surface area contributed by atoms with Crippen LogP contribution in [0.1, 0.15) is 18.1 Å². The summed E-state index contributed by atoms with van der Waals surface area (Å²) in [6.45, 7) is 1.96. The molecule has 1 aromatic carbocycles. The van der Waals surface area contributed by atoms with Crippen LogP contribution in [0.15, 0.2) is 29.3 Å². The van der Waals surface area contributed by atoms with Gasteiger partial charge in [0.1, 0.15) is 28.5 Å². The van der Waals surface area contributed by atoms with Crippen LogP contribution in [0.5, 0.6) is 0 Å². The summed E-state index contributed by atoms with van der Waals surface area (Å²) in [6, 6.07) is 11.2. The molecular weight excluding hydrogens is 304 g/mol. The molecule has 0 aliphatic rings. The van der Waals surface area contributed by atoms with Gasteiger partial charge in [-0.25, -0.2) is 4.98 Å². The molecule has 1 aromatic heterocycles. The minimum Gasteiger partial charge on any atom is -0.383 e. The van der Waals surface area contributed by atoms with E-state index >= 15 is 0 Å². The first-order valence-electron chi connectivity index (χ1n) is 6.14. The molecule has 0 saturated heterocycles. The molecule has 0 atom stereocenters. The Hall–Kier alpha value is -2.21. The van der Waals surface area contributed by atoms with E-state index < -0.39 is 0 Å². The van der Waals surface area contributed by atoms with Gasteiger partial charge < -0.3 is 5.73 Å². The molecule has 0 radical (unpaired) electrons. The van der Waals surface area contributed by atoms with Gasteiger partial charge in [0.15, 0.2) is 0 Å². The van der Waals surface area contributed by atoms with Gasteiger partial charge in [-0.3, -0.25) is 0 Å². The van der Waals surface area contributed by atoms with Crippen LogP contribution in [-0.2, 0) is 0 Å². The third-order valence-electron chi connectivity index (χ3n) is 2.81. The van der Waals surface area contributed by atoms with Crippen molar-refractivity contribution in [3.05, 3.63) is 40.4 Å². The second kappa shape index (κ2) is 6.49. The summed E-state index contributed by atoms with van der Waals surface area (Å²) in [5.41, 5.74) is 7.61. The lowest BCUT2D eigenvalue weighted by atomic mass is 9.97. The van der Waals surface area contributed by atoms with Crippen molar-refractivity contribution >= 4 is 29.2 Å². The lowest BCUT2D eigenvalue weighted by molar-refractivity contribution is 1.11. The number of halogens is 1. The van der Waals surface area contributed by atoms with Crippen LogP contribution in [0.25, 0.3) is 11.1 Å². The first-order chi connectivity index (χ1) is 10.1. The lowest BCUT2D eigenvalue weighted by Crippen LogP contribution is -2.03. The average molecular weight is 315 g/mol. The van der Waals surface area contributed by atoms with Gasteiger partial charge in [0, 0.05) is 10.6 Å². The Morgan fingerprint density at radius 2 is 2.00 bits per heavy atom. The number of pyridine rings is 1. The van der Waals surface area contributed by atoms with Crippen LogP contribution in [0.2, 0.25) is 5.02 Å². The number of benzene rings is 1. The van der Waals surface area contributed by atoms with Crippen molar-refractivity contribution < 1.29 is 0 Å². The Morgan fingerprint density at radius 3 is 2.57 bits per heavy atom. The van der Waals surface area contributed by atoms with Crippen molar-refractivity contribution in [2.45, 2.75) is 11.9 Å². The van der Waals surface area contributed by atoms with E-state index in [-0.39, 0.29) is 11.4 Å². The number of nitrogen functional groups attached to an aromatic ring is 1. The summed E-state index contributed by atoms with van der Waals surface area (Å²) < 4.78 is 0. The van der Waals surface area contributed by atoms with E-state index in [2.05, 4.69) is 11.1 Å². The zero-order valence-corrected chi connectivity index (χ0v) is 12.8. The Bertz CT molecular complexity index is 774. The minimum atomic E-state index is 0.127. The van der Waals surface area contributed by atoms with Crippen LogP contribution >= 0.6 is 23.4 Å². The maximum Gasteiger partial charge on any atom is 0.143 e. The zero-order valence-electron chi connectivity index (χ0n) is 11.2. The van der Waals surface area contributed by atoms with E-state index in [9.17, 15) is 10.5 Å². The number of nitriles is 2. The monoisotopic (exact) mass is 314 g/mol. The van der Waals surface area contributed by atoms with Gasteiger partial charge in [-0.1, -0.05) is 30.7 Å². The van der Waals surface area contributed by atoms with E-state index in [0.29, 0.717) is 26.7 Å². The fraction of sp³-hybridized carbons (Fsp3) is 0.133. The normalized spacial score (nSPS) is 9.90. The number of hydrogen-bond donors (Lipinski definition) is 1. The Balaban J connectivity index is 2.85. The molecule has 2 aromatic rings. The minimum absolute atomic E-state index is 0.127. The maximum absolute atomic E-state index is 9.48. The second-order valence-electron chi connectivity index (χ2n) is 4.09. The maximum atomic E-state index is 9.48. The number of hydrogen-bond acceptors (Lipinski definition) is 5. The number of nitrogens with two attached hydrogens (primary N) is 1. The molecule has 0 saturated carbocycles. The number of nitrogens with zero attached hydrogens (tertiary/aromatic N) is 3. The lowest BCUT2D eigenvalue weighted by Gasteiger charge is -2.12. The van der Waals surface area contributed by atoms with E-state index in [0.717, 1.165) is 5.75 Å². The largest absolute Gasteiger partial charge is 0.383 e. The van der Waals surface area contributed by atoms with Crippen LogP contribution < -0.4 is 5.73 Å². The van der Waals surface area contributed by atoms with Gasteiger partial charge in [0.05, 0.1) is 5.56 Å². The van der Waals surface area contributed by atoms with Crippen LogP contribution in [-0.4, -0.2) is 10.7 Å². The Labute approximate surface area is 132 Å². The molecule has 21 heavy (non-hydrogen) atoms. The van der Waals surface area contributed by atoms with Crippen molar-refractivity contribution in [3.63, 3.8) is 0 Å². The molecule has 6 heteroatoms. The van der Waals surface area contributed by atoms with Crippen molar-refractivity contribution in [1.29, 1.82) is 10.5 Å². The highest BCUT2D eigenvalue weighted by Crippen LogP contribution is 2.36. The zero-order chi connectivity index (χ0) is 15.4. The topological polar surface area (TPSA) is 86.5 Å². The van der Waals surface area contributed by atoms with Gasteiger partial charge in [0.2, 0.25) is 0 Å². The fourth-order valence-electron chi connectivity index (χ4n) is 1.97. The van der Waals surface area contributed by atoms with Crippen molar-refractivity contribution in [2.75, 3.05) is 11.5 Å². The number of thioether (sulfide) groups is 1. The van der Waals surface area contributed by atoms with Crippen LogP contribution in [0.4, 0.5) is 5.82 Å². The number of anilines is 1. The van der Waals surface area contributed by atoms with Crippen molar-refractivity contribution in [3.8, 4) is 23.3 Å². The predicted octanol–water partition coefficient (Wildman–Crippen LogP) is 3.84. The van der Waals surface area contributed by atoms with Crippen LogP contribution in [0, 0.1) is 22.7 Å². The molecule has 4 nitrogen and oxygen atoms in total. The molecule has 0 spiro atoms. The van der Waals surface area contributed by atoms with Gasteiger partial charge in [-0.05, 0) is 23.4 Å². The highest BCUT2D eigenvalue weighted by molar-refractivity contribution is 7.99. The second-order valence-corrected chi connectivity index (χ2v) is 5.78. The molecule has 1 heterocycles. The highest BCUT2D eigenvalue weighted by atomic mass is 35.5.